The summed E-state index contributed by atoms with van der Waals surface area (Å²) in [5.41, 5.74) is 4.33. The fraction of sp³-hybridized carbons (Fsp3) is 0.154. The fourth-order valence-electron chi connectivity index (χ4n) is 3.55. The number of benzene rings is 3. The van der Waals surface area contributed by atoms with Crippen LogP contribution in [0.25, 0.3) is 6.08 Å². The van der Waals surface area contributed by atoms with E-state index in [1.807, 2.05) is 60.7 Å². The molecule has 1 aliphatic rings. The van der Waals surface area contributed by atoms with Crippen molar-refractivity contribution in [3.63, 3.8) is 0 Å². The minimum absolute atomic E-state index is 0.0602. The van der Waals surface area contributed by atoms with E-state index < -0.39 is 12.0 Å². The first-order valence-corrected chi connectivity index (χ1v) is 10.3. The van der Waals surface area contributed by atoms with Crippen LogP contribution in [0.5, 0.6) is 0 Å². The van der Waals surface area contributed by atoms with Crippen LogP contribution in [0.2, 0.25) is 0 Å². The van der Waals surface area contributed by atoms with Crippen LogP contribution in [0.1, 0.15) is 23.6 Å². The van der Waals surface area contributed by atoms with Gasteiger partial charge in [0, 0.05) is 25.3 Å². The molecule has 0 bridgehead atoms. The van der Waals surface area contributed by atoms with Gasteiger partial charge in [-0.1, -0.05) is 72.8 Å². The third kappa shape index (κ3) is 4.83. The number of likely N-dealkylation sites (N-methyl/N-ethyl adjacent to an activating group) is 1. The molecule has 1 saturated heterocycles. The lowest BCUT2D eigenvalue weighted by Gasteiger charge is -2.25. The van der Waals surface area contributed by atoms with Crippen molar-refractivity contribution in [1.82, 2.24) is 4.90 Å². The second-order valence-corrected chi connectivity index (χ2v) is 7.34. The van der Waals surface area contributed by atoms with Crippen molar-refractivity contribution >= 4 is 23.8 Å². The zero-order chi connectivity index (χ0) is 21.6. The van der Waals surface area contributed by atoms with Gasteiger partial charge in [0.2, 0.25) is 0 Å². The van der Waals surface area contributed by atoms with Gasteiger partial charge in [0.1, 0.15) is 0 Å². The Morgan fingerprint density at radius 1 is 0.806 bits per heavy atom. The summed E-state index contributed by atoms with van der Waals surface area (Å²) in [5, 5.41) is 0. The molecule has 4 rings (SSSR count). The molecule has 0 spiro atoms. The molecule has 5 nitrogen and oxygen atoms in total. The van der Waals surface area contributed by atoms with E-state index in [-0.39, 0.29) is 5.76 Å². The Labute approximate surface area is 182 Å². The predicted octanol–water partition coefficient (Wildman–Crippen LogP) is 5.23. The van der Waals surface area contributed by atoms with Crippen LogP contribution in [0, 0.1) is 0 Å². The van der Waals surface area contributed by atoms with E-state index in [9.17, 15) is 9.59 Å². The highest BCUT2D eigenvalue weighted by molar-refractivity contribution is 6.09. The number of nitrogens with zero attached hydrogens (tertiary/aromatic N) is 2. The SMILES string of the molecule is CCN1C(=O)O/C(=C/c2ccc(N(Cc3ccccc3)Cc3ccccc3)cc2)C1=O. The van der Waals surface area contributed by atoms with Gasteiger partial charge in [-0.2, -0.15) is 0 Å². The zero-order valence-corrected chi connectivity index (χ0v) is 17.4. The van der Waals surface area contributed by atoms with Crippen molar-refractivity contribution in [1.29, 1.82) is 0 Å². The third-order valence-electron chi connectivity index (χ3n) is 5.18. The monoisotopic (exact) mass is 412 g/mol. The summed E-state index contributed by atoms with van der Waals surface area (Å²) < 4.78 is 5.10. The number of rotatable bonds is 7. The normalized spacial score (nSPS) is 14.7. The number of anilines is 1. The molecule has 5 heteroatoms. The van der Waals surface area contributed by atoms with Crippen molar-refractivity contribution < 1.29 is 14.3 Å². The topological polar surface area (TPSA) is 49.9 Å². The van der Waals surface area contributed by atoms with Crippen molar-refractivity contribution in [3.8, 4) is 0 Å². The lowest BCUT2D eigenvalue weighted by atomic mass is 10.1. The van der Waals surface area contributed by atoms with Gasteiger partial charge < -0.3 is 9.64 Å². The lowest BCUT2D eigenvalue weighted by Crippen LogP contribution is -2.28. The van der Waals surface area contributed by atoms with Gasteiger partial charge in [0.25, 0.3) is 5.91 Å². The molecule has 3 aromatic rings. The van der Waals surface area contributed by atoms with Gasteiger partial charge >= 0.3 is 6.09 Å². The summed E-state index contributed by atoms with van der Waals surface area (Å²) >= 11 is 0. The first kappa shape index (κ1) is 20.4. The molecule has 0 atom stereocenters. The molecular formula is C26H24N2O3. The molecule has 0 saturated carbocycles. The van der Waals surface area contributed by atoms with Gasteiger partial charge in [-0.25, -0.2) is 9.69 Å². The largest absolute Gasteiger partial charge is 0.422 e. The smallest absolute Gasteiger partial charge is 0.404 e. The average molecular weight is 412 g/mol. The van der Waals surface area contributed by atoms with Crippen molar-refractivity contribution in [2.45, 2.75) is 20.0 Å². The Kier molecular flexibility index (Phi) is 6.13. The minimum Gasteiger partial charge on any atom is -0.404 e. The van der Waals surface area contributed by atoms with Gasteiger partial charge in [-0.15, -0.1) is 0 Å². The molecule has 3 aromatic carbocycles. The highest BCUT2D eigenvalue weighted by Gasteiger charge is 2.35. The molecular weight excluding hydrogens is 388 g/mol. The molecule has 0 aromatic heterocycles. The average Bonchev–Trinajstić information content (AvgIpc) is 3.07. The third-order valence-corrected chi connectivity index (χ3v) is 5.18. The van der Waals surface area contributed by atoms with Crippen LogP contribution in [0.15, 0.2) is 90.7 Å². The number of hydrogen-bond acceptors (Lipinski definition) is 4. The van der Waals surface area contributed by atoms with Crippen LogP contribution in [0.4, 0.5) is 10.5 Å². The standard InChI is InChI=1S/C26H24N2O3/c1-2-28-25(29)24(31-26(28)30)17-20-13-15-23(16-14-20)27(18-21-9-5-3-6-10-21)19-22-11-7-4-8-12-22/h3-17H,2,18-19H2,1H3/b24-17+. The quantitative estimate of drug-likeness (QED) is 0.499. The van der Waals surface area contributed by atoms with Gasteiger partial charge in [0.05, 0.1) is 0 Å². The number of cyclic esters (lactones) is 1. The first-order chi connectivity index (χ1) is 15.1. The maximum atomic E-state index is 12.2. The van der Waals surface area contributed by atoms with Gasteiger partial charge in [-0.05, 0) is 41.8 Å². The summed E-state index contributed by atoms with van der Waals surface area (Å²) in [5.74, 6) is -0.337. The van der Waals surface area contributed by atoms with Gasteiger partial charge in [0.15, 0.2) is 5.76 Å². The van der Waals surface area contributed by atoms with Crippen molar-refractivity contribution in [3.05, 3.63) is 107 Å². The number of carbonyl (C=O) groups excluding carboxylic acids is 2. The highest BCUT2D eigenvalue weighted by atomic mass is 16.6. The van der Waals surface area contributed by atoms with Crippen LogP contribution in [-0.4, -0.2) is 23.4 Å². The van der Waals surface area contributed by atoms with Crippen molar-refractivity contribution in [2.75, 3.05) is 11.4 Å². The Hall–Kier alpha value is -3.86. The Balaban J connectivity index is 1.56. The van der Waals surface area contributed by atoms with E-state index in [1.165, 1.54) is 11.1 Å². The Morgan fingerprint density at radius 3 is 1.84 bits per heavy atom. The second kappa shape index (κ2) is 9.30. The minimum atomic E-state index is -0.618. The molecule has 1 heterocycles. The molecule has 2 amide bonds. The summed E-state index contributed by atoms with van der Waals surface area (Å²) in [6, 6.07) is 28.6. The number of carbonyl (C=O) groups is 2. The second-order valence-electron chi connectivity index (χ2n) is 7.34. The van der Waals surface area contributed by atoms with Crippen molar-refractivity contribution in [2.24, 2.45) is 0 Å². The molecule has 0 N–H and O–H groups in total. The molecule has 1 fully saturated rings. The number of amides is 2. The maximum Gasteiger partial charge on any atom is 0.422 e. The lowest BCUT2D eigenvalue weighted by molar-refractivity contribution is -0.123. The summed E-state index contributed by atoms with van der Waals surface area (Å²) in [7, 11) is 0. The molecule has 0 unspecified atom stereocenters. The van der Waals surface area contributed by atoms with E-state index >= 15 is 0 Å². The molecule has 156 valence electrons. The predicted molar refractivity (Wildman–Crippen MR) is 121 cm³/mol. The molecule has 0 aliphatic carbocycles. The molecule has 31 heavy (non-hydrogen) atoms. The van der Waals surface area contributed by atoms with Gasteiger partial charge in [-0.3, -0.25) is 4.79 Å². The van der Waals surface area contributed by atoms with Crippen LogP contribution in [0.3, 0.4) is 0 Å². The summed E-state index contributed by atoms with van der Waals surface area (Å²) in [6.45, 7) is 3.59. The van der Waals surface area contributed by atoms with Crippen LogP contribution in [-0.2, 0) is 22.6 Å². The molecule has 0 radical (unpaired) electrons. The number of hydrogen-bond donors (Lipinski definition) is 0. The number of imide groups is 1. The first-order valence-electron chi connectivity index (χ1n) is 10.3. The zero-order valence-electron chi connectivity index (χ0n) is 17.4. The van der Waals surface area contributed by atoms with Crippen LogP contribution >= 0.6 is 0 Å². The Bertz CT molecular complexity index is 1040. The Morgan fingerprint density at radius 2 is 1.35 bits per heavy atom. The fourth-order valence-corrected chi connectivity index (χ4v) is 3.55. The maximum absolute atomic E-state index is 12.2. The van der Waals surface area contributed by atoms with E-state index in [0.29, 0.717) is 6.54 Å². The van der Waals surface area contributed by atoms with Crippen LogP contribution < -0.4 is 4.90 Å². The highest BCUT2D eigenvalue weighted by Crippen LogP contribution is 2.24. The van der Waals surface area contributed by atoms with E-state index in [4.69, 9.17) is 4.74 Å². The van der Waals surface area contributed by atoms with E-state index in [0.717, 1.165) is 29.2 Å². The summed E-state index contributed by atoms with van der Waals surface area (Å²) in [6.07, 6.45) is 0.991. The molecule has 1 aliphatic heterocycles. The summed E-state index contributed by atoms with van der Waals surface area (Å²) in [4.78, 5) is 27.4. The van der Waals surface area contributed by atoms with E-state index in [1.54, 1.807) is 13.0 Å². The van der Waals surface area contributed by atoms with E-state index in [2.05, 4.69) is 29.2 Å². The number of ether oxygens (including phenoxy) is 1.